The monoisotopic (exact) mass is 318 g/mol. The Morgan fingerprint density at radius 3 is 2.90 bits per heavy atom. The fourth-order valence-corrected chi connectivity index (χ4v) is 4.20. The van der Waals surface area contributed by atoms with Crippen LogP contribution in [-0.2, 0) is 21.3 Å². The number of methoxy groups -OCH3 is 1. The summed E-state index contributed by atoms with van der Waals surface area (Å²) in [7, 11) is -1.78. The number of thiophene rings is 1. The molecular weight excluding hydrogens is 296 g/mol. The zero-order valence-electron chi connectivity index (χ0n) is 11.9. The molecule has 2 N–H and O–H groups in total. The van der Waals surface area contributed by atoms with Gasteiger partial charge in [0, 0.05) is 43.1 Å². The van der Waals surface area contributed by atoms with Gasteiger partial charge < -0.3 is 10.1 Å². The summed E-state index contributed by atoms with van der Waals surface area (Å²) in [5.74, 6) is 0.157. The molecule has 7 heteroatoms. The molecule has 1 aliphatic carbocycles. The van der Waals surface area contributed by atoms with E-state index in [0.29, 0.717) is 24.1 Å². The van der Waals surface area contributed by atoms with Crippen LogP contribution >= 0.6 is 11.3 Å². The molecule has 1 aromatic rings. The standard InChI is InChI=1S/C13H22N2O3S2/c1-10(8-18-2)6-15-20(16,17)13-5-12(19-9-13)7-14-11-3-4-11/h5,9-11,14-15H,3-4,6-8H2,1-2H3. The first-order valence-electron chi connectivity index (χ1n) is 6.80. The van der Waals surface area contributed by atoms with Crippen LogP contribution in [0.4, 0.5) is 0 Å². The lowest BCUT2D eigenvalue weighted by molar-refractivity contribution is 0.161. The van der Waals surface area contributed by atoms with E-state index < -0.39 is 10.0 Å². The summed E-state index contributed by atoms with van der Waals surface area (Å²) in [6.45, 7) is 3.64. The van der Waals surface area contributed by atoms with E-state index >= 15 is 0 Å². The van der Waals surface area contributed by atoms with Gasteiger partial charge in [-0.2, -0.15) is 0 Å². The van der Waals surface area contributed by atoms with Crippen molar-refractivity contribution in [1.29, 1.82) is 0 Å². The van der Waals surface area contributed by atoms with Crippen LogP contribution in [0.1, 0.15) is 24.6 Å². The van der Waals surface area contributed by atoms with Crippen molar-refractivity contribution in [2.45, 2.75) is 37.2 Å². The number of hydrogen-bond donors (Lipinski definition) is 2. The molecule has 0 aliphatic heterocycles. The highest BCUT2D eigenvalue weighted by molar-refractivity contribution is 7.89. The molecule has 1 fully saturated rings. The Morgan fingerprint density at radius 1 is 1.50 bits per heavy atom. The second-order valence-electron chi connectivity index (χ2n) is 5.32. The SMILES string of the molecule is COCC(C)CNS(=O)(=O)c1csc(CNC2CC2)c1. The van der Waals surface area contributed by atoms with Gasteiger partial charge in [-0.1, -0.05) is 6.92 Å². The van der Waals surface area contributed by atoms with E-state index in [1.807, 2.05) is 6.92 Å². The lowest BCUT2D eigenvalue weighted by atomic mass is 10.2. The van der Waals surface area contributed by atoms with Crippen molar-refractivity contribution in [2.75, 3.05) is 20.3 Å². The van der Waals surface area contributed by atoms with Gasteiger partial charge in [0.2, 0.25) is 10.0 Å². The minimum Gasteiger partial charge on any atom is -0.384 e. The van der Waals surface area contributed by atoms with E-state index in [4.69, 9.17) is 4.74 Å². The van der Waals surface area contributed by atoms with Crippen LogP contribution < -0.4 is 10.0 Å². The van der Waals surface area contributed by atoms with Crippen molar-refractivity contribution in [3.05, 3.63) is 16.3 Å². The fourth-order valence-electron chi connectivity index (χ4n) is 1.81. The first-order valence-corrected chi connectivity index (χ1v) is 9.17. The van der Waals surface area contributed by atoms with Gasteiger partial charge in [-0.15, -0.1) is 11.3 Å². The molecule has 0 radical (unpaired) electrons. The Kier molecular flexibility index (Phi) is 5.57. The largest absolute Gasteiger partial charge is 0.384 e. The van der Waals surface area contributed by atoms with Crippen LogP contribution in [0.15, 0.2) is 16.3 Å². The van der Waals surface area contributed by atoms with Gasteiger partial charge >= 0.3 is 0 Å². The number of rotatable bonds is 9. The van der Waals surface area contributed by atoms with E-state index in [1.54, 1.807) is 18.6 Å². The molecule has 0 aromatic carbocycles. The molecule has 0 bridgehead atoms. The van der Waals surface area contributed by atoms with Crippen LogP contribution in [0.2, 0.25) is 0 Å². The number of nitrogens with one attached hydrogen (secondary N) is 2. The summed E-state index contributed by atoms with van der Waals surface area (Å²) >= 11 is 1.48. The van der Waals surface area contributed by atoms with Gasteiger partial charge in [0.1, 0.15) is 0 Å². The minimum atomic E-state index is -3.40. The Morgan fingerprint density at radius 2 is 2.25 bits per heavy atom. The van der Waals surface area contributed by atoms with Crippen LogP contribution in [0, 0.1) is 5.92 Å². The third-order valence-corrected chi connectivity index (χ3v) is 5.64. The quantitative estimate of drug-likeness (QED) is 0.725. The van der Waals surface area contributed by atoms with Gasteiger partial charge in [0.15, 0.2) is 0 Å². The lowest BCUT2D eigenvalue weighted by Crippen LogP contribution is -2.29. The van der Waals surface area contributed by atoms with Crippen LogP contribution in [0.25, 0.3) is 0 Å². The molecule has 2 rings (SSSR count). The summed E-state index contributed by atoms with van der Waals surface area (Å²) in [6, 6.07) is 2.38. The molecule has 1 atom stereocenters. The molecule has 1 saturated carbocycles. The molecule has 20 heavy (non-hydrogen) atoms. The predicted octanol–water partition coefficient (Wildman–Crippen LogP) is 1.56. The van der Waals surface area contributed by atoms with Gasteiger partial charge in [-0.3, -0.25) is 0 Å². The molecule has 1 unspecified atom stereocenters. The smallest absolute Gasteiger partial charge is 0.241 e. The highest BCUT2D eigenvalue weighted by atomic mass is 32.2. The zero-order valence-corrected chi connectivity index (χ0v) is 13.5. The van der Waals surface area contributed by atoms with Crippen LogP contribution in [-0.4, -0.2) is 34.7 Å². The Hall–Kier alpha value is -0.470. The number of ether oxygens (including phenoxy) is 1. The van der Waals surface area contributed by atoms with Gasteiger partial charge in [0.25, 0.3) is 0 Å². The fraction of sp³-hybridized carbons (Fsp3) is 0.692. The Bertz CT molecular complexity index is 523. The molecule has 0 amide bonds. The summed E-state index contributed by atoms with van der Waals surface area (Å²) in [5, 5.41) is 5.08. The van der Waals surface area contributed by atoms with E-state index in [0.717, 1.165) is 11.4 Å². The topological polar surface area (TPSA) is 67.4 Å². The summed E-state index contributed by atoms with van der Waals surface area (Å²) in [6.07, 6.45) is 2.46. The van der Waals surface area contributed by atoms with E-state index in [9.17, 15) is 8.42 Å². The first kappa shape index (κ1) is 15.9. The van der Waals surface area contributed by atoms with Crippen molar-refractivity contribution in [1.82, 2.24) is 10.0 Å². The molecule has 1 aromatic heterocycles. The van der Waals surface area contributed by atoms with Gasteiger partial charge in [-0.05, 0) is 24.8 Å². The van der Waals surface area contributed by atoms with Crippen molar-refractivity contribution in [2.24, 2.45) is 5.92 Å². The molecular formula is C13H22N2O3S2. The summed E-state index contributed by atoms with van der Waals surface area (Å²) < 4.78 is 31.9. The third kappa shape index (κ3) is 4.82. The second-order valence-corrected chi connectivity index (χ2v) is 8.08. The number of sulfonamides is 1. The van der Waals surface area contributed by atoms with Gasteiger partial charge in [0.05, 0.1) is 4.90 Å². The van der Waals surface area contributed by atoms with E-state index in [1.165, 1.54) is 24.2 Å². The molecule has 0 spiro atoms. The number of hydrogen-bond acceptors (Lipinski definition) is 5. The highest BCUT2D eigenvalue weighted by Gasteiger charge is 2.21. The van der Waals surface area contributed by atoms with E-state index in [-0.39, 0.29) is 5.92 Å². The molecule has 1 heterocycles. The van der Waals surface area contributed by atoms with Crippen molar-refractivity contribution in [3.63, 3.8) is 0 Å². The maximum Gasteiger partial charge on any atom is 0.241 e. The first-order chi connectivity index (χ1) is 9.51. The van der Waals surface area contributed by atoms with Crippen LogP contribution in [0.5, 0.6) is 0 Å². The third-order valence-electron chi connectivity index (χ3n) is 3.16. The Labute approximate surface area is 124 Å². The highest BCUT2D eigenvalue weighted by Crippen LogP contribution is 2.22. The predicted molar refractivity (Wildman–Crippen MR) is 80.4 cm³/mol. The summed E-state index contributed by atoms with van der Waals surface area (Å²) in [4.78, 5) is 1.42. The van der Waals surface area contributed by atoms with Crippen molar-refractivity contribution < 1.29 is 13.2 Å². The van der Waals surface area contributed by atoms with Crippen LogP contribution in [0.3, 0.4) is 0 Å². The maximum absolute atomic E-state index is 12.1. The average molecular weight is 318 g/mol. The average Bonchev–Trinajstić information content (AvgIpc) is 3.11. The summed E-state index contributed by atoms with van der Waals surface area (Å²) in [5.41, 5.74) is 0. The molecule has 5 nitrogen and oxygen atoms in total. The van der Waals surface area contributed by atoms with Crippen molar-refractivity contribution in [3.8, 4) is 0 Å². The molecule has 0 saturated heterocycles. The Balaban J connectivity index is 1.87. The van der Waals surface area contributed by atoms with Crippen molar-refractivity contribution >= 4 is 21.4 Å². The normalized spacial score (nSPS) is 17.3. The molecule has 114 valence electrons. The van der Waals surface area contributed by atoms with Gasteiger partial charge in [-0.25, -0.2) is 13.1 Å². The lowest BCUT2D eigenvalue weighted by Gasteiger charge is -2.11. The zero-order chi connectivity index (χ0) is 14.6. The van der Waals surface area contributed by atoms with E-state index in [2.05, 4.69) is 10.0 Å². The maximum atomic E-state index is 12.1. The second kappa shape index (κ2) is 7.00. The molecule has 1 aliphatic rings. The minimum absolute atomic E-state index is 0.157.